The molecule has 0 aliphatic heterocycles. The van der Waals surface area contributed by atoms with Gasteiger partial charge in [0.05, 0.1) is 5.56 Å². The van der Waals surface area contributed by atoms with Crippen LogP contribution in [0.3, 0.4) is 0 Å². The fourth-order valence-electron chi connectivity index (χ4n) is 4.09. The Morgan fingerprint density at radius 1 is 0.826 bits per heavy atom. The van der Waals surface area contributed by atoms with Crippen LogP contribution in [0.2, 0.25) is 0 Å². The summed E-state index contributed by atoms with van der Waals surface area (Å²) in [6.45, 7) is 0. The van der Waals surface area contributed by atoms with Crippen molar-refractivity contribution >= 4 is 23.6 Å². The second-order valence-corrected chi connectivity index (χ2v) is 10.7. The lowest BCUT2D eigenvalue weighted by Gasteiger charge is -2.14. The second kappa shape index (κ2) is 13.1. The smallest absolute Gasteiger partial charge is 0.471 e. The molecule has 0 bridgehead atoms. The van der Waals surface area contributed by atoms with E-state index >= 15 is 0 Å². The first kappa shape index (κ1) is 32.3. The first-order valence-electron chi connectivity index (χ1n) is 13.1. The minimum absolute atomic E-state index is 0.00573. The van der Waals surface area contributed by atoms with Gasteiger partial charge in [0, 0.05) is 28.2 Å². The zero-order valence-corrected chi connectivity index (χ0v) is 23.9. The third-order valence-electron chi connectivity index (χ3n) is 6.37. The number of rotatable bonds is 10. The summed E-state index contributed by atoms with van der Waals surface area (Å²) in [4.78, 5) is 32.9. The number of amides is 1. The van der Waals surface area contributed by atoms with E-state index in [9.17, 15) is 41.0 Å². The van der Waals surface area contributed by atoms with Crippen LogP contribution in [0.1, 0.15) is 27.5 Å². The molecule has 0 aliphatic rings. The number of oxazole rings is 1. The normalized spacial score (nSPS) is 12.6. The molecule has 2 heterocycles. The zero-order valence-electron chi connectivity index (χ0n) is 23.1. The van der Waals surface area contributed by atoms with Gasteiger partial charge in [-0.1, -0.05) is 59.8 Å². The standard InChI is InChI=1S/C30H20F6N4O5S/c31-29(32,33)20-12-10-19(11-13-20)26-38-22(25(41)37-21(27(42)43)15-46-14-16-4-2-1-3-5-16)23(44-26)17-6-8-18(9-7-17)24-39-28(45-40-24)30(34,35)36/h1-13,21H,14-15H2,(H,37,41)(H,42,43). The number of alkyl halides is 6. The molecule has 0 spiro atoms. The van der Waals surface area contributed by atoms with Crippen molar-refractivity contribution in [1.29, 1.82) is 0 Å². The summed E-state index contributed by atoms with van der Waals surface area (Å²) in [5.41, 5.74) is 0.0404. The maximum Gasteiger partial charge on any atom is 0.471 e. The van der Waals surface area contributed by atoms with Crippen LogP contribution in [-0.2, 0) is 22.9 Å². The zero-order chi connectivity index (χ0) is 33.1. The van der Waals surface area contributed by atoms with Gasteiger partial charge < -0.3 is 19.4 Å². The van der Waals surface area contributed by atoms with E-state index in [1.165, 1.54) is 36.0 Å². The van der Waals surface area contributed by atoms with Crippen LogP contribution in [0.4, 0.5) is 26.3 Å². The summed E-state index contributed by atoms with van der Waals surface area (Å²) < 4.78 is 88.0. The largest absolute Gasteiger partial charge is 0.480 e. The number of nitrogens with one attached hydrogen (secondary N) is 1. The van der Waals surface area contributed by atoms with E-state index in [2.05, 4.69) is 25.0 Å². The van der Waals surface area contributed by atoms with Crippen LogP contribution in [0.5, 0.6) is 0 Å². The highest BCUT2D eigenvalue weighted by Crippen LogP contribution is 2.35. The van der Waals surface area contributed by atoms with Crippen LogP contribution in [-0.4, -0.2) is 43.9 Å². The molecule has 0 fully saturated rings. The number of aromatic nitrogens is 3. The monoisotopic (exact) mass is 662 g/mol. The minimum atomic E-state index is -4.85. The Bertz CT molecular complexity index is 1820. The van der Waals surface area contributed by atoms with Crippen molar-refractivity contribution in [2.24, 2.45) is 0 Å². The number of carboxylic acid groups (broad SMARTS) is 1. The highest BCUT2D eigenvalue weighted by atomic mass is 32.2. The molecule has 1 unspecified atom stereocenters. The molecule has 46 heavy (non-hydrogen) atoms. The van der Waals surface area contributed by atoms with Gasteiger partial charge in [-0.15, -0.1) is 0 Å². The van der Waals surface area contributed by atoms with Gasteiger partial charge in [-0.3, -0.25) is 4.79 Å². The predicted octanol–water partition coefficient (Wildman–Crippen LogP) is 7.21. The van der Waals surface area contributed by atoms with Crippen molar-refractivity contribution in [3.63, 3.8) is 0 Å². The molecule has 2 aromatic heterocycles. The Hall–Kier alpha value is -5.12. The number of carboxylic acids is 1. The number of benzene rings is 3. The molecule has 16 heteroatoms. The number of carbonyl (C=O) groups excluding carboxylic acids is 1. The molecule has 5 rings (SSSR count). The van der Waals surface area contributed by atoms with Gasteiger partial charge in [-0.05, 0) is 29.8 Å². The maximum atomic E-state index is 13.4. The highest BCUT2D eigenvalue weighted by molar-refractivity contribution is 7.98. The van der Waals surface area contributed by atoms with E-state index < -0.39 is 41.7 Å². The van der Waals surface area contributed by atoms with Crippen LogP contribution < -0.4 is 5.32 Å². The van der Waals surface area contributed by atoms with Crippen molar-refractivity contribution < 1.29 is 50.0 Å². The maximum absolute atomic E-state index is 13.4. The molecule has 238 valence electrons. The molecule has 0 radical (unpaired) electrons. The van der Waals surface area contributed by atoms with Gasteiger partial charge in [0.1, 0.15) is 6.04 Å². The highest BCUT2D eigenvalue weighted by Gasteiger charge is 2.38. The van der Waals surface area contributed by atoms with Gasteiger partial charge in [-0.25, -0.2) is 9.78 Å². The lowest BCUT2D eigenvalue weighted by Crippen LogP contribution is -2.42. The molecule has 0 aliphatic carbocycles. The molecule has 5 aromatic rings. The van der Waals surface area contributed by atoms with Gasteiger partial charge in [0.25, 0.3) is 5.91 Å². The van der Waals surface area contributed by atoms with E-state index in [1.54, 1.807) is 0 Å². The molecule has 9 nitrogen and oxygen atoms in total. The Kier molecular flexibility index (Phi) is 9.18. The quantitative estimate of drug-likeness (QED) is 0.149. The van der Waals surface area contributed by atoms with Gasteiger partial charge in [-0.2, -0.15) is 43.1 Å². The van der Waals surface area contributed by atoms with E-state index in [1.807, 2.05) is 30.3 Å². The molecule has 3 aromatic carbocycles. The van der Waals surface area contributed by atoms with Gasteiger partial charge >= 0.3 is 24.2 Å². The molecule has 1 amide bonds. The van der Waals surface area contributed by atoms with E-state index in [0.717, 1.165) is 29.8 Å². The summed E-state index contributed by atoms with van der Waals surface area (Å²) in [5.74, 6) is -4.11. The lowest BCUT2D eigenvalue weighted by molar-refractivity contribution is -0.159. The summed E-state index contributed by atoms with van der Waals surface area (Å²) >= 11 is 1.27. The molecule has 1 atom stereocenters. The number of hydrogen-bond acceptors (Lipinski definition) is 8. The Morgan fingerprint density at radius 2 is 1.46 bits per heavy atom. The Labute approximate surface area is 259 Å². The topological polar surface area (TPSA) is 131 Å². The molecule has 0 saturated heterocycles. The van der Waals surface area contributed by atoms with Crippen molar-refractivity contribution in [3.05, 3.63) is 102 Å². The number of hydrogen-bond donors (Lipinski definition) is 2. The van der Waals surface area contributed by atoms with Crippen LogP contribution in [0, 0.1) is 0 Å². The summed E-state index contributed by atoms with van der Waals surface area (Å²) in [6.07, 6.45) is -9.45. The summed E-state index contributed by atoms with van der Waals surface area (Å²) in [7, 11) is 0. The minimum Gasteiger partial charge on any atom is -0.480 e. The number of halogens is 6. The van der Waals surface area contributed by atoms with E-state index in [4.69, 9.17) is 4.42 Å². The van der Waals surface area contributed by atoms with Crippen molar-refractivity contribution in [2.75, 3.05) is 5.75 Å². The third-order valence-corrected chi connectivity index (χ3v) is 7.48. The fraction of sp³-hybridized carbons (Fsp3) is 0.167. The molecule has 2 N–H and O–H groups in total. The Morgan fingerprint density at radius 3 is 2.04 bits per heavy atom. The SMILES string of the molecule is O=C(NC(CSCc1ccccc1)C(=O)O)c1nc(-c2ccc(C(F)(F)F)cc2)oc1-c1ccc(-c2noc(C(F)(F)F)n2)cc1. The van der Waals surface area contributed by atoms with Gasteiger partial charge in [0.15, 0.2) is 11.5 Å². The van der Waals surface area contributed by atoms with Crippen LogP contribution in [0.15, 0.2) is 87.8 Å². The van der Waals surface area contributed by atoms with Gasteiger partial charge in [0.2, 0.25) is 11.7 Å². The average molecular weight is 663 g/mol. The molecule has 0 saturated carbocycles. The van der Waals surface area contributed by atoms with E-state index in [0.29, 0.717) is 5.75 Å². The number of carbonyl (C=O) groups is 2. The Balaban J connectivity index is 1.44. The fourth-order valence-corrected chi connectivity index (χ4v) is 5.10. The van der Waals surface area contributed by atoms with Crippen LogP contribution in [0.25, 0.3) is 34.2 Å². The molecular formula is C30H20F6N4O5S. The number of thioether (sulfide) groups is 1. The number of aliphatic carboxylic acids is 1. The lowest BCUT2D eigenvalue weighted by atomic mass is 10.1. The van der Waals surface area contributed by atoms with Crippen molar-refractivity contribution in [2.45, 2.75) is 24.1 Å². The summed E-state index contributed by atoms with van der Waals surface area (Å²) in [5, 5.41) is 15.5. The van der Waals surface area contributed by atoms with Crippen molar-refractivity contribution in [3.8, 4) is 34.2 Å². The summed E-state index contributed by atoms with van der Waals surface area (Å²) in [6, 6.07) is 17.1. The first-order chi connectivity index (χ1) is 21.8. The average Bonchev–Trinajstić information content (AvgIpc) is 3.70. The molecular weight excluding hydrogens is 642 g/mol. The third kappa shape index (κ3) is 7.56. The second-order valence-electron chi connectivity index (χ2n) is 9.64. The number of nitrogens with zero attached hydrogens (tertiary/aromatic N) is 3. The van der Waals surface area contributed by atoms with Crippen molar-refractivity contribution in [1.82, 2.24) is 20.4 Å². The van der Waals surface area contributed by atoms with Crippen LogP contribution >= 0.6 is 11.8 Å². The van der Waals surface area contributed by atoms with E-state index in [-0.39, 0.29) is 45.6 Å². The first-order valence-corrected chi connectivity index (χ1v) is 14.3. The predicted molar refractivity (Wildman–Crippen MR) is 152 cm³/mol.